The summed E-state index contributed by atoms with van der Waals surface area (Å²) in [6.45, 7) is 0. The Kier molecular flexibility index (Phi) is 6.11. The first-order valence-corrected chi connectivity index (χ1v) is 13.6. The lowest BCUT2D eigenvalue weighted by Gasteiger charge is -2.32. The van der Waals surface area contributed by atoms with E-state index >= 15 is 0 Å². The van der Waals surface area contributed by atoms with E-state index < -0.39 is 0 Å². The molecule has 6 rings (SSSR count). The van der Waals surface area contributed by atoms with E-state index in [1.807, 2.05) is 12.1 Å². The second kappa shape index (κ2) is 9.30. The summed E-state index contributed by atoms with van der Waals surface area (Å²) in [5.41, 5.74) is 3.31. The third-order valence-electron chi connectivity index (χ3n) is 6.82. The summed E-state index contributed by atoms with van der Waals surface area (Å²) in [5, 5.41) is 4.44. The van der Waals surface area contributed by atoms with Gasteiger partial charge in [-0.05, 0) is 115 Å². The van der Waals surface area contributed by atoms with Crippen LogP contribution in [0.25, 0.3) is 21.5 Å². The fraction of sp³-hybridized carbons (Fsp3) is 0.133. The minimum Gasteiger partial charge on any atom is -0.497 e. The van der Waals surface area contributed by atoms with Crippen LogP contribution < -0.4 is 18.9 Å². The van der Waals surface area contributed by atoms with E-state index in [1.54, 1.807) is 21.3 Å². The molecule has 0 aliphatic carbocycles. The zero-order chi connectivity index (χ0) is 25.0. The van der Waals surface area contributed by atoms with Crippen molar-refractivity contribution in [3.63, 3.8) is 0 Å². The summed E-state index contributed by atoms with van der Waals surface area (Å²) in [5.74, 6) is 4.04. The van der Waals surface area contributed by atoms with Gasteiger partial charge in [-0.3, -0.25) is 0 Å². The largest absolute Gasteiger partial charge is 0.497 e. The van der Waals surface area contributed by atoms with Gasteiger partial charge >= 0.3 is 0 Å². The van der Waals surface area contributed by atoms with Gasteiger partial charge in [0.05, 0.1) is 24.9 Å². The number of hydrogen-bond donors (Lipinski definition) is 0. The number of hydrogen-bond acceptors (Lipinski definition) is 4. The zero-order valence-electron chi connectivity index (χ0n) is 19.9. The molecular weight excluding hydrogens is 678 g/mol. The average Bonchev–Trinajstić information content (AvgIpc) is 2.90. The predicted molar refractivity (Wildman–Crippen MR) is 160 cm³/mol. The molecule has 1 atom stereocenters. The van der Waals surface area contributed by atoms with Gasteiger partial charge in [-0.25, -0.2) is 0 Å². The van der Waals surface area contributed by atoms with Gasteiger partial charge in [-0.2, -0.15) is 0 Å². The zero-order valence-corrected chi connectivity index (χ0v) is 24.2. The first kappa shape index (κ1) is 23.7. The molecule has 0 saturated carbocycles. The van der Waals surface area contributed by atoms with E-state index in [9.17, 15) is 0 Å². The average molecular weight is 700 g/mol. The third kappa shape index (κ3) is 3.76. The minimum atomic E-state index is -0.131. The maximum atomic E-state index is 6.61. The topological polar surface area (TPSA) is 36.9 Å². The Morgan fingerprint density at radius 3 is 1.92 bits per heavy atom. The molecule has 6 heteroatoms. The van der Waals surface area contributed by atoms with Crippen molar-refractivity contribution >= 4 is 66.7 Å². The highest BCUT2D eigenvalue weighted by atomic mass is 127. The Labute approximate surface area is 236 Å². The van der Waals surface area contributed by atoms with E-state index in [1.165, 1.54) is 0 Å². The maximum absolute atomic E-state index is 6.61. The smallest absolute Gasteiger partial charge is 0.144 e. The molecule has 4 nitrogen and oxygen atoms in total. The Bertz CT molecular complexity index is 1660. The highest BCUT2D eigenvalue weighted by Crippen LogP contribution is 2.55. The van der Waals surface area contributed by atoms with Crippen molar-refractivity contribution in [2.45, 2.75) is 5.92 Å². The number of rotatable bonds is 4. The molecular formula is C30H22I2O4. The van der Waals surface area contributed by atoms with E-state index in [-0.39, 0.29) is 5.92 Å². The molecule has 1 aliphatic rings. The van der Waals surface area contributed by atoms with Crippen LogP contribution in [0.2, 0.25) is 0 Å². The maximum Gasteiger partial charge on any atom is 0.144 e. The normalized spacial score (nSPS) is 14.2. The van der Waals surface area contributed by atoms with Gasteiger partial charge < -0.3 is 18.9 Å². The Hall–Kier alpha value is -2.72. The van der Waals surface area contributed by atoms with Gasteiger partial charge in [-0.15, -0.1) is 0 Å². The molecule has 1 unspecified atom stereocenters. The van der Waals surface area contributed by atoms with Crippen LogP contribution in [0.4, 0.5) is 0 Å². The van der Waals surface area contributed by atoms with Crippen LogP contribution >= 0.6 is 45.2 Å². The molecule has 0 bridgehead atoms. The number of halogens is 2. The van der Waals surface area contributed by atoms with Gasteiger partial charge in [0.2, 0.25) is 0 Å². The Morgan fingerprint density at radius 2 is 1.28 bits per heavy atom. The van der Waals surface area contributed by atoms with Gasteiger partial charge in [-0.1, -0.05) is 24.3 Å². The molecule has 0 amide bonds. The lowest BCUT2D eigenvalue weighted by Crippen LogP contribution is -2.15. The molecule has 0 spiro atoms. The highest BCUT2D eigenvalue weighted by Gasteiger charge is 2.35. The van der Waals surface area contributed by atoms with Gasteiger partial charge in [0.25, 0.3) is 0 Å². The number of benzene rings is 5. The minimum absolute atomic E-state index is 0.131. The van der Waals surface area contributed by atoms with Crippen LogP contribution in [0.1, 0.15) is 22.6 Å². The fourth-order valence-corrected chi connectivity index (χ4v) is 7.19. The van der Waals surface area contributed by atoms with E-state index in [0.29, 0.717) is 0 Å². The van der Waals surface area contributed by atoms with Crippen LogP contribution in [-0.4, -0.2) is 21.3 Å². The van der Waals surface area contributed by atoms with Crippen molar-refractivity contribution in [2.75, 3.05) is 21.3 Å². The summed E-state index contributed by atoms with van der Waals surface area (Å²) in [6.07, 6.45) is 0. The third-order valence-corrected chi connectivity index (χ3v) is 8.24. The second-order valence-corrected chi connectivity index (χ2v) is 11.1. The SMILES string of the molecule is COc1ccc2ccc(OC)c(C3c4cc(I)cc(I)c4Oc4ccc5ccc(OC)cc5c43)c2c1. The Morgan fingerprint density at radius 1 is 0.667 bits per heavy atom. The lowest BCUT2D eigenvalue weighted by atomic mass is 9.78. The van der Waals surface area contributed by atoms with Crippen molar-refractivity contribution in [3.05, 3.63) is 96.6 Å². The summed E-state index contributed by atoms with van der Waals surface area (Å²) >= 11 is 4.76. The summed E-state index contributed by atoms with van der Waals surface area (Å²) < 4.78 is 26.1. The van der Waals surface area contributed by atoms with Crippen molar-refractivity contribution in [1.82, 2.24) is 0 Å². The van der Waals surface area contributed by atoms with Crippen molar-refractivity contribution in [2.24, 2.45) is 0 Å². The van der Waals surface area contributed by atoms with E-state index in [2.05, 4.69) is 106 Å². The second-order valence-electron chi connectivity index (χ2n) is 8.67. The molecule has 5 aromatic carbocycles. The fourth-order valence-electron chi connectivity index (χ4n) is 5.19. The van der Waals surface area contributed by atoms with Gasteiger partial charge in [0.15, 0.2) is 0 Å². The van der Waals surface area contributed by atoms with Crippen LogP contribution in [0.15, 0.2) is 72.8 Å². The molecule has 1 heterocycles. The van der Waals surface area contributed by atoms with Crippen LogP contribution in [0.5, 0.6) is 28.7 Å². The van der Waals surface area contributed by atoms with Gasteiger partial charge in [0, 0.05) is 26.2 Å². The molecule has 0 saturated heterocycles. The first-order chi connectivity index (χ1) is 17.5. The van der Waals surface area contributed by atoms with E-state index in [0.717, 1.165) is 74.1 Å². The quantitative estimate of drug-likeness (QED) is 0.173. The Balaban J connectivity index is 1.79. The molecule has 5 aromatic rings. The molecule has 0 aromatic heterocycles. The number of fused-ring (bicyclic) bond motifs is 5. The molecule has 180 valence electrons. The van der Waals surface area contributed by atoms with Crippen molar-refractivity contribution in [3.8, 4) is 28.7 Å². The van der Waals surface area contributed by atoms with Gasteiger partial charge in [0.1, 0.15) is 28.7 Å². The van der Waals surface area contributed by atoms with Crippen molar-refractivity contribution < 1.29 is 18.9 Å². The molecule has 0 fully saturated rings. The molecule has 0 radical (unpaired) electrons. The summed E-state index contributed by atoms with van der Waals surface area (Å²) in [6, 6.07) is 25.1. The van der Waals surface area contributed by atoms with Crippen LogP contribution in [0.3, 0.4) is 0 Å². The van der Waals surface area contributed by atoms with Crippen LogP contribution in [-0.2, 0) is 0 Å². The summed E-state index contributed by atoms with van der Waals surface area (Å²) in [4.78, 5) is 0. The number of ether oxygens (including phenoxy) is 4. The molecule has 36 heavy (non-hydrogen) atoms. The number of methoxy groups -OCH3 is 3. The molecule has 0 N–H and O–H groups in total. The van der Waals surface area contributed by atoms with Crippen molar-refractivity contribution in [1.29, 1.82) is 0 Å². The lowest BCUT2D eigenvalue weighted by molar-refractivity contribution is 0.406. The van der Waals surface area contributed by atoms with E-state index in [4.69, 9.17) is 18.9 Å². The standard InChI is InChI=1S/C30H22I2O4/c1-33-19-8-4-16-6-10-25(35-3)27(21(16)14-19)29-23-12-18(31)13-24(32)30(23)36-26-11-7-17-5-9-20(34-2)15-22(17)28(26)29/h4-15,29H,1-3H3. The first-order valence-electron chi connectivity index (χ1n) is 11.4. The van der Waals surface area contributed by atoms with Crippen LogP contribution in [0, 0.1) is 7.14 Å². The monoisotopic (exact) mass is 700 g/mol. The predicted octanol–water partition coefficient (Wildman–Crippen LogP) is 8.51. The highest BCUT2D eigenvalue weighted by molar-refractivity contribution is 14.1. The summed E-state index contributed by atoms with van der Waals surface area (Å²) in [7, 11) is 5.13. The molecule has 1 aliphatic heterocycles.